The Balaban J connectivity index is 0.000000980. The van der Waals surface area contributed by atoms with Crippen LogP contribution in [-0.2, 0) is 4.84 Å². The van der Waals surface area contributed by atoms with Crippen LogP contribution < -0.4 is 16.5 Å². The van der Waals surface area contributed by atoms with Crippen molar-refractivity contribution in [1.82, 2.24) is 10.8 Å². The van der Waals surface area contributed by atoms with E-state index >= 15 is 0 Å². The summed E-state index contributed by atoms with van der Waals surface area (Å²) < 4.78 is 0. The molecule has 5 nitrogen and oxygen atoms in total. The molecule has 0 radical (unpaired) electrons. The molecule has 0 spiro atoms. The Labute approximate surface area is 87.0 Å². The summed E-state index contributed by atoms with van der Waals surface area (Å²) in [6.45, 7) is 0. The lowest BCUT2D eigenvalue weighted by Gasteiger charge is -2.07. The summed E-state index contributed by atoms with van der Waals surface area (Å²) in [4.78, 5) is 15.2. The van der Waals surface area contributed by atoms with Gasteiger partial charge >= 0.3 is 6.09 Å². The summed E-state index contributed by atoms with van der Waals surface area (Å²) in [6, 6.07) is 7.17. The molecule has 0 aromatic heterocycles. The van der Waals surface area contributed by atoms with Gasteiger partial charge in [-0.1, -0.05) is 12.1 Å². The lowest BCUT2D eigenvalue weighted by molar-refractivity contribution is 0.122. The number of rotatable bonds is 1. The van der Waals surface area contributed by atoms with Gasteiger partial charge in [-0.25, -0.2) is 4.79 Å². The number of nitrogens with one attached hydrogen (secondary N) is 2. The summed E-state index contributed by atoms with van der Waals surface area (Å²) in [5.41, 5.74) is 9.65. The number of nitrogen functional groups attached to an aromatic ring is 1. The fourth-order valence-electron chi connectivity index (χ4n) is 1.13. The molecule has 0 saturated carbocycles. The summed E-state index contributed by atoms with van der Waals surface area (Å²) >= 11 is 0. The number of carbonyl (C=O) groups is 1. The molecular weight excluding hydrogens is 206 g/mol. The van der Waals surface area contributed by atoms with E-state index in [2.05, 4.69) is 15.6 Å². The predicted octanol–water partition coefficient (Wildman–Crippen LogP) is 0.934. The van der Waals surface area contributed by atoms with Crippen molar-refractivity contribution in [2.75, 3.05) is 5.73 Å². The van der Waals surface area contributed by atoms with E-state index in [1.807, 2.05) is 12.1 Å². The normalized spacial score (nSPS) is 19.4. The Morgan fingerprint density at radius 1 is 1.29 bits per heavy atom. The summed E-state index contributed by atoms with van der Waals surface area (Å²) in [7, 11) is 0. The van der Waals surface area contributed by atoms with E-state index in [1.54, 1.807) is 12.1 Å². The number of benzene rings is 1. The Hall–Kier alpha value is -1.46. The van der Waals surface area contributed by atoms with Crippen molar-refractivity contribution in [2.45, 2.75) is 6.17 Å². The first-order chi connectivity index (χ1) is 6.25. The van der Waals surface area contributed by atoms with Crippen molar-refractivity contribution in [2.24, 2.45) is 0 Å². The van der Waals surface area contributed by atoms with E-state index < -0.39 is 6.09 Å². The van der Waals surface area contributed by atoms with Gasteiger partial charge in [0.15, 0.2) is 0 Å². The number of hydroxylamine groups is 1. The van der Waals surface area contributed by atoms with Crippen LogP contribution in [0.25, 0.3) is 0 Å². The van der Waals surface area contributed by atoms with Crippen molar-refractivity contribution in [3.8, 4) is 0 Å². The zero-order valence-electron chi connectivity index (χ0n) is 7.19. The van der Waals surface area contributed by atoms with Crippen LogP contribution >= 0.6 is 12.4 Å². The third kappa shape index (κ3) is 2.07. The fourth-order valence-corrected chi connectivity index (χ4v) is 1.13. The third-order valence-corrected chi connectivity index (χ3v) is 1.80. The first-order valence-electron chi connectivity index (χ1n) is 3.84. The van der Waals surface area contributed by atoms with E-state index in [1.165, 1.54) is 0 Å². The number of anilines is 1. The molecule has 1 aliphatic heterocycles. The monoisotopic (exact) mass is 215 g/mol. The Kier molecular flexibility index (Phi) is 3.16. The average Bonchev–Trinajstić information content (AvgIpc) is 2.53. The van der Waals surface area contributed by atoms with Crippen molar-refractivity contribution in [1.29, 1.82) is 0 Å². The topological polar surface area (TPSA) is 76.4 Å². The molecular formula is C8H10ClN3O2. The van der Waals surface area contributed by atoms with Crippen LogP contribution in [0.15, 0.2) is 24.3 Å². The zero-order chi connectivity index (χ0) is 9.26. The van der Waals surface area contributed by atoms with E-state index in [0.717, 1.165) is 5.56 Å². The number of nitrogens with two attached hydrogens (primary N) is 1. The van der Waals surface area contributed by atoms with Gasteiger partial charge in [-0.3, -0.25) is 5.32 Å². The van der Waals surface area contributed by atoms with E-state index in [9.17, 15) is 4.79 Å². The van der Waals surface area contributed by atoms with Crippen LogP contribution in [0.3, 0.4) is 0 Å². The molecule has 1 saturated heterocycles. The largest absolute Gasteiger partial charge is 0.427 e. The smallest absolute Gasteiger partial charge is 0.399 e. The van der Waals surface area contributed by atoms with Gasteiger partial charge in [-0.15, -0.1) is 17.9 Å². The molecule has 14 heavy (non-hydrogen) atoms. The molecule has 1 amide bonds. The summed E-state index contributed by atoms with van der Waals surface area (Å²) in [5.74, 6) is 0. The fraction of sp³-hybridized carbons (Fsp3) is 0.125. The van der Waals surface area contributed by atoms with Gasteiger partial charge in [0.2, 0.25) is 0 Å². The highest BCUT2D eigenvalue weighted by Crippen LogP contribution is 2.15. The molecule has 1 aliphatic rings. The molecule has 1 heterocycles. The molecule has 1 aromatic rings. The van der Waals surface area contributed by atoms with Crippen LogP contribution in [0, 0.1) is 0 Å². The molecule has 1 atom stereocenters. The number of amides is 1. The lowest BCUT2D eigenvalue weighted by atomic mass is 10.1. The average molecular weight is 216 g/mol. The van der Waals surface area contributed by atoms with Crippen molar-refractivity contribution >= 4 is 24.2 Å². The van der Waals surface area contributed by atoms with E-state index in [4.69, 9.17) is 5.73 Å². The van der Waals surface area contributed by atoms with Crippen LogP contribution in [0.1, 0.15) is 11.7 Å². The van der Waals surface area contributed by atoms with Crippen LogP contribution in [0.5, 0.6) is 0 Å². The lowest BCUT2D eigenvalue weighted by Crippen LogP contribution is -2.21. The molecule has 1 aromatic carbocycles. The minimum atomic E-state index is -0.471. The van der Waals surface area contributed by atoms with Gasteiger partial charge < -0.3 is 10.6 Å². The van der Waals surface area contributed by atoms with Gasteiger partial charge in [-0.05, 0) is 17.7 Å². The SMILES string of the molecule is Cl.Nc1ccc(C2NOC(=O)N2)cc1. The minimum absolute atomic E-state index is 0. The van der Waals surface area contributed by atoms with Crippen LogP contribution in [-0.4, -0.2) is 6.09 Å². The number of halogens is 1. The number of hydrogen-bond acceptors (Lipinski definition) is 4. The van der Waals surface area contributed by atoms with Crippen molar-refractivity contribution in [3.63, 3.8) is 0 Å². The van der Waals surface area contributed by atoms with Crippen LogP contribution in [0.2, 0.25) is 0 Å². The molecule has 1 unspecified atom stereocenters. The van der Waals surface area contributed by atoms with E-state index in [-0.39, 0.29) is 18.6 Å². The first kappa shape index (κ1) is 10.6. The Morgan fingerprint density at radius 3 is 2.43 bits per heavy atom. The minimum Gasteiger partial charge on any atom is -0.399 e. The standard InChI is InChI=1S/C8H9N3O2.ClH/c9-6-3-1-5(2-4-6)7-10-8(12)13-11-7;/h1-4,7,11H,9H2,(H,10,12);1H. The van der Waals surface area contributed by atoms with Crippen molar-refractivity contribution < 1.29 is 9.63 Å². The quantitative estimate of drug-likeness (QED) is 0.610. The molecule has 4 N–H and O–H groups in total. The second-order valence-electron chi connectivity index (χ2n) is 2.75. The van der Waals surface area contributed by atoms with Gasteiger partial charge in [-0.2, -0.15) is 0 Å². The number of carbonyl (C=O) groups excluding carboxylic acids is 1. The highest BCUT2D eigenvalue weighted by atomic mass is 35.5. The molecule has 76 valence electrons. The summed E-state index contributed by atoms with van der Waals surface area (Å²) in [5, 5.41) is 2.58. The molecule has 1 fully saturated rings. The highest BCUT2D eigenvalue weighted by molar-refractivity contribution is 5.85. The maximum atomic E-state index is 10.7. The number of hydrogen-bond donors (Lipinski definition) is 3. The predicted molar refractivity (Wildman–Crippen MR) is 53.6 cm³/mol. The van der Waals surface area contributed by atoms with Gasteiger partial charge in [0, 0.05) is 5.69 Å². The molecule has 6 heteroatoms. The second kappa shape index (κ2) is 4.17. The first-order valence-corrected chi connectivity index (χ1v) is 3.84. The maximum Gasteiger partial charge on any atom is 0.427 e. The Bertz CT molecular complexity index is 328. The second-order valence-corrected chi connectivity index (χ2v) is 2.75. The van der Waals surface area contributed by atoms with Gasteiger partial charge in [0.25, 0.3) is 0 Å². The van der Waals surface area contributed by atoms with Gasteiger partial charge in [0.1, 0.15) is 6.17 Å². The van der Waals surface area contributed by atoms with Gasteiger partial charge in [0.05, 0.1) is 0 Å². The zero-order valence-corrected chi connectivity index (χ0v) is 8.01. The molecule has 0 bridgehead atoms. The van der Waals surface area contributed by atoms with E-state index in [0.29, 0.717) is 5.69 Å². The van der Waals surface area contributed by atoms with Crippen molar-refractivity contribution in [3.05, 3.63) is 29.8 Å². The molecule has 0 aliphatic carbocycles. The highest BCUT2D eigenvalue weighted by Gasteiger charge is 2.22. The maximum absolute atomic E-state index is 10.7. The Morgan fingerprint density at radius 2 is 1.93 bits per heavy atom. The van der Waals surface area contributed by atoms with Crippen LogP contribution in [0.4, 0.5) is 10.5 Å². The summed E-state index contributed by atoms with van der Waals surface area (Å²) in [6.07, 6.45) is -0.755. The third-order valence-electron chi connectivity index (χ3n) is 1.80. The molecule has 2 rings (SSSR count).